The lowest BCUT2D eigenvalue weighted by Gasteiger charge is -2.41. The van der Waals surface area contributed by atoms with Gasteiger partial charge in [-0.25, -0.2) is 0 Å². The summed E-state index contributed by atoms with van der Waals surface area (Å²) in [6.07, 6.45) is 4.62. The number of esters is 1. The zero-order chi connectivity index (χ0) is 18.5. The zero-order valence-electron chi connectivity index (χ0n) is 16.8. The topological polar surface area (TPSA) is 75.2 Å². The summed E-state index contributed by atoms with van der Waals surface area (Å²) >= 11 is 0. The summed E-state index contributed by atoms with van der Waals surface area (Å²) in [4.78, 5) is 17.8. The van der Waals surface area contributed by atoms with Crippen LogP contribution >= 0.6 is 24.0 Å². The van der Waals surface area contributed by atoms with E-state index in [9.17, 15) is 4.79 Å². The first kappa shape index (κ1) is 25.4. The SMILES string of the molecule is CN=C(NCCCCCCC(=O)OC)NCC(C)(C)N1CCOCC1.I. The average Bonchev–Trinajstić information content (AvgIpc) is 2.63. The van der Waals surface area contributed by atoms with Crippen molar-refractivity contribution < 1.29 is 14.3 Å². The van der Waals surface area contributed by atoms with E-state index in [1.165, 1.54) is 7.11 Å². The summed E-state index contributed by atoms with van der Waals surface area (Å²) in [6, 6.07) is 0. The highest BCUT2D eigenvalue weighted by Gasteiger charge is 2.28. The summed E-state index contributed by atoms with van der Waals surface area (Å²) in [7, 11) is 3.23. The van der Waals surface area contributed by atoms with Crippen LogP contribution in [0, 0.1) is 0 Å². The molecule has 0 bridgehead atoms. The van der Waals surface area contributed by atoms with Crippen LogP contribution in [0.3, 0.4) is 0 Å². The molecule has 0 aliphatic carbocycles. The maximum absolute atomic E-state index is 11.0. The summed E-state index contributed by atoms with van der Waals surface area (Å²) in [5, 5.41) is 6.79. The van der Waals surface area contributed by atoms with Gasteiger partial charge in [0.05, 0.1) is 20.3 Å². The molecule has 0 aromatic carbocycles. The van der Waals surface area contributed by atoms with Gasteiger partial charge in [-0.2, -0.15) is 0 Å². The van der Waals surface area contributed by atoms with Crippen LogP contribution in [0.5, 0.6) is 0 Å². The quantitative estimate of drug-likeness (QED) is 0.163. The Kier molecular flexibility index (Phi) is 14.1. The van der Waals surface area contributed by atoms with Crippen LogP contribution in [0.15, 0.2) is 4.99 Å². The summed E-state index contributed by atoms with van der Waals surface area (Å²) in [6.45, 7) is 9.80. The number of hydrogen-bond donors (Lipinski definition) is 2. The molecule has 2 N–H and O–H groups in total. The number of nitrogens with one attached hydrogen (secondary N) is 2. The monoisotopic (exact) mass is 484 g/mol. The van der Waals surface area contributed by atoms with Crippen LogP contribution in [0.25, 0.3) is 0 Å². The number of methoxy groups -OCH3 is 1. The van der Waals surface area contributed by atoms with Crippen molar-refractivity contribution in [3.63, 3.8) is 0 Å². The zero-order valence-corrected chi connectivity index (χ0v) is 19.1. The number of unbranched alkanes of at least 4 members (excludes halogenated alkanes) is 3. The molecule has 0 aromatic heterocycles. The van der Waals surface area contributed by atoms with Crippen molar-refractivity contribution in [3.8, 4) is 0 Å². The molecule has 0 radical (unpaired) electrons. The minimum absolute atomic E-state index is 0. The number of aliphatic imine (C=N–C) groups is 1. The average molecular weight is 484 g/mol. The lowest BCUT2D eigenvalue weighted by atomic mass is 10.0. The van der Waals surface area contributed by atoms with E-state index < -0.39 is 0 Å². The molecule has 0 saturated carbocycles. The van der Waals surface area contributed by atoms with E-state index in [-0.39, 0.29) is 35.5 Å². The largest absolute Gasteiger partial charge is 0.469 e. The Morgan fingerprint density at radius 1 is 1.15 bits per heavy atom. The maximum Gasteiger partial charge on any atom is 0.305 e. The molecule has 7 nitrogen and oxygen atoms in total. The molecule has 0 spiro atoms. The van der Waals surface area contributed by atoms with Gasteiger partial charge in [0.25, 0.3) is 0 Å². The molecule has 1 saturated heterocycles. The molecule has 0 unspecified atom stereocenters. The van der Waals surface area contributed by atoms with Crippen molar-refractivity contribution in [2.24, 2.45) is 4.99 Å². The second-order valence-electron chi connectivity index (χ2n) is 7.00. The number of morpholine rings is 1. The molecule has 0 amide bonds. The van der Waals surface area contributed by atoms with Gasteiger partial charge in [0.1, 0.15) is 0 Å². The van der Waals surface area contributed by atoms with Gasteiger partial charge in [0.2, 0.25) is 0 Å². The number of hydrogen-bond acceptors (Lipinski definition) is 5. The number of nitrogens with zero attached hydrogens (tertiary/aromatic N) is 2. The van der Waals surface area contributed by atoms with Gasteiger partial charge in [-0.3, -0.25) is 14.7 Å². The Bertz CT molecular complexity index is 413. The third kappa shape index (κ3) is 10.5. The molecule has 1 fully saturated rings. The minimum atomic E-state index is -0.120. The Labute approximate surface area is 175 Å². The molecule has 154 valence electrons. The van der Waals surface area contributed by atoms with Crippen molar-refractivity contribution in [3.05, 3.63) is 0 Å². The Morgan fingerprint density at radius 3 is 2.42 bits per heavy atom. The Balaban J connectivity index is 0.00000625. The second-order valence-corrected chi connectivity index (χ2v) is 7.00. The minimum Gasteiger partial charge on any atom is -0.469 e. The standard InChI is InChI=1S/C18H36N4O3.HI/c1-18(2,22-11-13-25-14-12-22)15-21-17(19-3)20-10-8-6-5-7-9-16(23)24-4;/h5-15H2,1-4H3,(H2,19,20,21);1H. The molecular weight excluding hydrogens is 447 g/mol. The van der Waals surface area contributed by atoms with Crippen molar-refractivity contribution >= 4 is 35.9 Å². The van der Waals surface area contributed by atoms with Gasteiger partial charge in [0, 0.05) is 45.2 Å². The maximum atomic E-state index is 11.0. The fourth-order valence-electron chi connectivity index (χ4n) is 2.86. The van der Waals surface area contributed by atoms with E-state index in [4.69, 9.17) is 4.74 Å². The predicted molar refractivity (Wildman–Crippen MR) is 116 cm³/mol. The first-order valence-electron chi connectivity index (χ1n) is 9.33. The third-order valence-electron chi connectivity index (χ3n) is 4.61. The number of halogens is 1. The second kappa shape index (κ2) is 14.4. The van der Waals surface area contributed by atoms with Crippen molar-refractivity contribution in [2.45, 2.75) is 51.5 Å². The van der Waals surface area contributed by atoms with Crippen LogP contribution in [0.4, 0.5) is 0 Å². The van der Waals surface area contributed by atoms with E-state index in [2.05, 4.69) is 39.1 Å². The fourth-order valence-corrected chi connectivity index (χ4v) is 2.86. The molecule has 1 rings (SSSR count). The van der Waals surface area contributed by atoms with Gasteiger partial charge < -0.3 is 20.1 Å². The van der Waals surface area contributed by atoms with E-state index >= 15 is 0 Å². The van der Waals surface area contributed by atoms with Gasteiger partial charge in [0.15, 0.2) is 5.96 Å². The lowest BCUT2D eigenvalue weighted by Crippen LogP contribution is -2.56. The first-order valence-corrected chi connectivity index (χ1v) is 9.33. The highest BCUT2D eigenvalue weighted by molar-refractivity contribution is 14.0. The molecule has 1 heterocycles. The number of ether oxygens (including phenoxy) is 2. The molecule has 0 aromatic rings. The van der Waals surface area contributed by atoms with E-state index in [1.807, 2.05) is 0 Å². The van der Waals surface area contributed by atoms with Crippen LogP contribution < -0.4 is 10.6 Å². The predicted octanol–water partition coefficient (Wildman–Crippen LogP) is 2.00. The Hall–Kier alpha value is -0.610. The number of guanidine groups is 1. The van der Waals surface area contributed by atoms with Gasteiger partial charge in [-0.05, 0) is 26.7 Å². The van der Waals surface area contributed by atoms with Gasteiger partial charge in [-0.15, -0.1) is 24.0 Å². The summed E-state index contributed by atoms with van der Waals surface area (Å²) in [5.41, 5.74) is 0.0648. The molecule has 1 aliphatic rings. The molecule has 1 aliphatic heterocycles. The number of carbonyl (C=O) groups is 1. The molecule has 26 heavy (non-hydrogen) atoms. The van der Waals surface area contributed by atoms with Crippen LogP contribution in [-0.2, 0) is 14.3 Å². The molecule has 8 heteroatoms. The fraction of sp³-hybridized carbons (Fsp3) is 0.889. The van der Waals surface area contributed by atoms with Crippen LogP contribution in [0.1, 0.15) is 46.0 Å². The van der Waals surface area contributed by atoms with E-state index in [0.717, 1.165) is 71.0 Å². The van der Waals surface area contributed by atoms with Crippen molar-refractivity contribution in [2.75, 3.05) is 53.6 Å². The van der Waals surface area contributed by atoms with Crippen LogP contribution in [0.2, 0.25) is 0 Å². The number of carbonyl (C=O) groups excluding carboxylic acids is 1. The highest BCUT2D eigenvalue weighted by Crippen LogP contribution is 2.14. The summed E-state index contributed by atoms with van der Waals surface area (Å²) in [5.74, 6) is 0.724. The first-order chi connectivity index (χ1) is 12.0. The lowest BCUT2D eigenvalue weighted by molar-refractivity contribution is -0.140. The van der Waals surface area contributed by atoms with Gasteiger partial charge >= 0.3 is 5.97 Å². The number of rotatable bonds is 10. The normalized spacial score (nSPS) is 15.9. The van der Waals surface area contributed by atoms with Crippen molar-refractivity contribution in [1.29, 1.82) is 0 Å². The molecular formula is C18H37IN4O3. The van der Waals surface area contributed by atoms with Crippen molar-refractivity contribution in [1.82, 2.24) is 15.5 Å². The van der Waals surface area contributed by atoms with Gasteiger partial charge in [-0.1, -0.05) is 12.8 Å². The Morgan fingerprint density at radius 2 is 1.81 bits per heavy atom. The molecule has 0 atom stereocenters. The third-order valence-corrected chi connectivity index (χ3v) is 4.61. The van der Waals surface area contributed by atoms with Crippen LogP contribution in [-0.4, -0.2) is 75.9 Å². The summed E-state index contributed by atoms with van der Waals surface area (Å²) < 4.78 is 10.1. The smallest absolute Gasteiger partial charge is 0.305 e. The van der Waals surface area contributed by atoms with E-state index in [0.29, 0.717) is 6.42 Å². The highest BCUT2D eigenvalue weighted by atomic mass is 127. The van der Waals surface area contributed by atoms with E-state index in [1.54, 1.807) is 7.05 Å².